The highest BCUT2D eigenvalue weighted by atomic mass is 79.9. The van der Waals surface area contributed by atoms with Crippen LogP contribution in [0.2, 0.25) is 0 Å². The van der Waals surface area contributed by atoms with Crippen LogP contribution in [0, 0.1) is 0 Å². The minimum absolute atomic E-state index is 0. The average Bonchev–Trinajstić information content (AvgIpc) is 2.46. The third-order valence-electron chi connectivity index (χ3n) is 2.93. The highest BCUT2D eigenvalue weighted by Crippen LogP contribution is 2.22. The maximum Gasteiger partial charge on any atom is 0.337 e. The first-order valence-electron chi connectivity index (χ1n) is 5.87. The lowest BCUT2D eigenvalue weighted by molar-refractivity contribution is -0.132. The summed E-state index contributed by atoms with van der Waals surface area (Å²) in [5.74, 6) is -3.51. The summed E-state index contributed by atoms with van der Waals surface area (Å²) in [6.07, 6.45) is 2.41. The molecule has 1 aliphatic rings. The molecule has 3 N–H and O–H groups in total. The summed E-state index contributed by atoms with van der Waals surface area (Å²) in [6, 6.07) is 5.71. The molecule has 1 aromatic carbocycles. The predicted molar refractivity (Wildman–Crippen MR) is 82.5 cm³/mol. The van der Waals surface area contributed by atoms with Gasteiger partial charge in [-0.2, -0.15) is 0 Å². The Bertz CT molecular complexity index is 677. The maximum atomic E-state index is 11.0. The standard InChI is InChI=1S/C14H11NO6.BrH/c16-12(17)8-1-3-11(4-2-8)15-6-9(13(18)19)5-10(7-15)14(20)21;/h1-6H,7H2,(H,16,17)(H,18,19)(H,20,21);1H. The number of benzene rings is 1. The van der Waals surface area contributed by atoms with Crippen LogP contribution < -0.4 is 4.90 Å². The zero-order chi connectivity index (χ0) is 15.6. The molecule has 1 aliphatic heterocycles. The van der Waals surface area contributed by atoms with Gasteiger partial charge in [-0.25, -0.2) is 14.4 Å². The van der Waals surface area contributed by atoms with Crippen LogP contribution in [0.3, 0.4) is 0 Å². The van der Waals surface area contributed by atoms with Crippen molar-refractivity contribution in [3.8, 4) is 0 Å². The number of rotatable bonds is 4. The molecule has 2 rings (SSSR count). The molecule has 0 saturated carbocycles. The number of aromatic carboxylic acids is 1. The van der Waals surface area contributed by atoms with E-state index in [0.29, 0.717) is 5.69 Å². The monoisotopic (exact) mass is 369 g/mol. The zero-order valence-electron chi connectivity index (χ0n) is 11.1. The smallest absolute Gasteiger partial charge is 0.337 e. The quantitative estimate of drug-likeness (QED) is 0.740. The van der Waals surface area contributed by atoms with E-state index in [-0.39, 0.29) is 40.2 Å². The number of anilines is 1. The van der Waals surface area contributed by atoms with Crippen molar-refractivity contribution in [2.24, 2.45) is 0 Å². The van der Waals surface area contributed by atoms with E-state index >= 15 is 0 Å². The number of carbonyl (C=O) groups is 3. The number of hydrogen-bond acceptors (Lipinski definition) is 4. The van der Waals surface area contributed by atoms with Crippen molar-refractivity contribution in [3.05, 3.63) is 53.3 Å². The number of carboxylic acid groups (broad SMARTS) is 3. The minimum Gasteiger partial charge on any atom is -0.478 e. The van der Waals surface area contributed by atoms with E-state index in [0.717, 1.165) is 6.08 Å². The van der Waals surface area contributed by atoms with Gasteiger partial charge in [-0.1, -0.05) is 0 Å². The Morgan fingerprint density at radius 2 is 1.50 bits per heavy atom. The number of aliphatic carboxylic acids is 2. The summed E-state index contributed by atoms with van der Waals surface area (Å²) in [6.45, 7) is -0.00146. The SMILES string of the molecule is Br.O=C(O)C1=CN(c2ccc(C(=O)O)cc2)CC(C(=O)O)=C1. The molecule has 0 spiro atoms. The molecule has 0 saturated heterocycles. The minimum atomic E-state index is -1.24. The second-order valence-electron chi connectivity index (χ2n) is 4.34. The van der Waals surface area contributed by atoms with Gasteiger partial charge in [-0.05, 0) is 30.3 Å². The van der Waals surface area contributed by atoms with Crippen molar-refractivity contribution in [2.45, 2.75) is 0 Å². The van der Waals surface area contributed by atoms with E-state index in [1.165, 1.54) is 35.4 Å². The number of carboxylic acids is 3. The molecule has 1 heterocycles. The molecule has 0 aliphatic carbocycles. The van der Waals surface area contributed by atoms with Crippen molar-refractivity contribution < 1.29 is 29.7 Å². The molecular formula is C14H12BrNO6. The molecule has 0 radical (unpaired) electrons. The lowest BCUT2D eigenvalue weighted by Crippen LogP contribution is -2.27. The first-order chi connectivity index (χ1) is 9.88. The zero-order valence-corrected chi connectivity index (χ0v) is 12.8. The van der Waals surface area contributed by atoms with E-state index < -0.39 is 17.9 Å². The van der Waals surface area contributed by atoms with Crippen LogP contribution in [0.4, 0.5) is 5.69 Å². The summed E-state index contributed by atoms with van der Waals surface area (Å²) in [5, 5.41) is 26.9. The second kappa shape index (κ2) is 6.90. The number of nitrogens with zero attached hydrogens (tertiary/aromatic N) is 1. The van der Waals surface area contributed by atoms with Gasteiger partial charge in [-0.15, -0.1) is 17.0 Å². The lowest BCUT2D eigenvalue weighted by atomic mass is 10.1. The van der Waals surface area contributed by atoms with Crippen molar-refractivity contribution in [2.75, 3.05) is 11.4 Å². The van der Waals surface area contributed by atoms with Crippen LogP contribution >= 0.6 is 17.0 Å². The lowest BCUT2D eigenvalue weighted by Gasteiger charge is -2.25. The van der Waals surface area contributed by atoms with Crippen LogP contribution in [-0.2, 0) is 9.59 Å². The summed E-state index contributed by atoms with van der Waals surface area (Å²) >= 11 is 0. The third-order valence-corrected chi connectivity index (χ3v) is 2.93. The predicted octanol–water partition coefficient (Wildman–Crippen LogP) is 1.76. The van der Waals surface area contributed by atoms with E-state index in [4.69, 9.17) is 15.3 Å². The van der Waals surface area contributed by atoms with E-state index in [2.05, 4.69) is 0 Å². The van der Waals surface area contributed by atoms with Gasteiger partial charge in [0.25, 0.3) is 0 Å². The first-order valence-corrected chi connectivity index (χ1v) is 5.87. The first kappa shape index (κ1) is 17.4. The largest absolute Gasteiger partial charge is 0.478 e. The number of halogens is 1. The summed E-state index contributed by atoms with van der Waals surface area (Å²) in [4.78, 5) is 34.3. The van der Waals surface area contributed by atoms with E-state index in [1.54, 1.807) is 0 Å². The van der Waals surface area contributed by atoms with Gasteiger partial charge in [0.2, 0.25) is 0 Å². The van der Waals surface area contributed by atoms with Gasteiger partial charge >= 0.3 is 17.9 Å². The van der Waals surface area contributed by atoms with Gasteiger partial charge in [-0.3, -0.25) is 0 Å². The fraction of sp³-hybridized carbons (Fsp3) is 0.0714. The molecule has 0 bridgehead atoms. The Balaban J connectivity index is 0.00000242. The molecule has 0 atom stereocenters. The summed E-state index contributed by atoms with van der Waals surface area (Å²) in [7, 11) is 0. The third kappa shape index (κ3) is 3.73. The normalized spacial score (nSPS) is 13.5. The highest BCUT2D eigenvalue weighted by molar-refractivity contribution is 8.93. The molecule has 116 valence electrons. The molecular weight excluding hydrogens is 358 g/mol. The second-order valence-corrected chi connectivity index (χ2v) is 4.34. The fourth-order valence-electron chi connectivity index (χ4n) is 1.88. The van der Waals surface area contributed by atoms with Gasteiger partial charge in [0.15, 0.2) is 0 Å². The fourth-order valence-corrected chi connectivity index (χ4v) is 1.88. The average molecular weight is 370 g/mol. The van der Waals surface area contributed by atoms with Crippen LogP contribution in [0.1, 0.15) is 10.4 Å². The Morgan fingerprint density at radius 3 is 1.95 bits per heavy atom. The van der Waals surface area contributed by atoms with E-state index in [9.17, 15) is 14.4 Å². The van der Waals surface area contributed by atoms with Crippen molar-refractivity contribution in [3.63, 3.8) is 0 Å². The van der Waals surface area contributed by atoms with Crippen LogP contribution in [0.5, 0.6) is 0 Å². The molecule has 0 fully saturated rings. The molecule has 0 unspecified atom stereocenters. The molecule has 7 nitrogen and oxygen atoms in total. The molecule has 22 heavy (non-hydrogen) atoms. The Labute approximate surface area is 135 Å². The topological polar surface area (TPSA) is 115 Å². The van der Waals surface area contributed by atoms with Crippen LogP contribution in [0.25, 0.3) is 0 Å². The van der Waals surface area contributed by atoms with Crippen molar-refractivity contribution in [1.82, 2.24) is 0 Å². The van der Waals surface area contributed by atoms with Gasteiger partial charge < -0.3 is 20.2 Å². The van der Waals surface area contributed by atoms with Crippen LogP contribution in [-0.4, -0.2) is 39.8 Å². The maximum absolute atomic E-state index is 11.0. The van der Waals surface area contributed by atoms with Crippen molar-refractivity contribution >= 4 is 40.6 Å². The molecule has 1 aromatic rings. The Morgan fingerprint density at radius 1 is 0.909 bits per heavy atom. The summed E-state index contributed by atoms with van der Waals surface area (Å²) in [5.41, 5.74) is 0.385. The highest BCUT2D eigenvalue weighted by Gasteiger charge is 2.21. The molecule has 0 aromatic heterocycles. The molecule has 0 amide bonds. The van der Waals surface area contributed by atoms with Gasteiger partial charge in [0.1, 0.15) is 0 Å². The Hall–Kier alpha value is -2.61. The van der Waals surface area contributed by atoms with Crippen molar-refractivity contribution in [1.29, 1.82) is 0 Å². The Kier molecular flexibility index (Phi) is 5.47. The van der Waals surface area contributed by atoms with Gasteiger partial charge in [0.05, 0.1) is 23.3 Å². The van der Waals surface area contributed by atoms with Crippen LogP contribution in [0.15, 0.2) is 47.7 Å². The summed E-state index contributed by atoms with van der Waals surface area (Å²) < 4.78 is 0. The number of hydrogen-bond donors (Lipinski definition) is 3. The molecule has 8 heteroatoms. The van der Waals surface area contributed by atoms with Gasteiger partial charge in [0, 0.05) is 11.9 Å². The van der Waals surface area contributed by atoms with E-state index in [1.807, 2.05) is 0 Å².